The summed E-state index contributed by atoms with van der Waals surface area (Å²) in [6, 6.07) is 5.77. The minimum Gasteiger partial charge on any atom is -0.345 e. The van der Waals surface area contributed by atoms with E-state index in [1.807, 2.05) is 0 Å². The minimum atomic E-state index is -0.845. The number of aromatic nitrogens is 2. The molecule has 2 amide bonds. The summed E-state index contributed by atoms with van der Waals surface area (Å²) in [6.07, 6.45) is 3.09. The molecular weight excluding hydrogens is 349 g/mol. The number of rotatable bonds is 4. The molecule has 1 aliphatic carbocycles. The molecule has 1 saturated carbocycles. The molecular formula is C16H15ClFN5O2. The van der Waals surface area contributed by atoms with Gasteiger partial charge in [0.1, 0.15) is 11.0 Å². The molecule has 0 saturated heterocycles. The Labute approximate surface area is 147 Å². The predicted molar refractivity (Wildman–Crippen MR) is 90.2 cm³/mol. The van der Waals surface area contributed by atoms with Gasteiger partial charge in [-0.15, -0.1) is 0 Å². The fourth-order valence-electron chi connectivity index (χ4n) is 2.10. The van der Waals surface area contributed by atoms with Crippen molar-refractivity contribution in [1.29, 1.82) is 0 Å². The molecule has 1 aliphatic rings. The molecule has 0 unspecified atom stereocenters. The van der Waals surface area contributed by atoms with Gasteiger partial charge in [-0.2, -0.15) is 10.2 Å². The molecule has 0 spiro atoms. The number of carbonyl (C=O) groups is 2. The van der Waals surface area contributed by atoms with Crippen LogP contribution in [0.4, 0.5) is 4.39 Å². The monoisotopic (exact) mass is 363 g/mol. The first kappa shape index (κ1) is 17.1. The zero-order chi connectivity index (χ0) is 18.0. The van der Waals surface area contributed by atoms with Gasteiger partial charge in [0.25, 0.3) is 0 Å². The molecule has 1 heterocycles. The van der Waals surface area contributed by atoms with Crippen molar-refractivity contribution in [1.82, 2.24) is 20.5 Å². The smallest absolute Gasteiger partial charge is 0.329 e. The van der Waals surface area contributed by atoms with Gasteiger partial charge in [-0.25, -0.2) is 14.5 Å². The first-order valence-electron chi connectivity index (χ1n) is 7.60. The van der Waals surface area contributed by atoms with E-state index in [0.717, 1.165) is 12.8 Å². The number of nitrogens with zero attached hydrogens (tertiary/aromatic N) is 3. The van der Waals surface area contributed by atoms with E-state index >= 15 is 0 Å². The van der Waals surface area contributed by atoms with Crippen LogP contribution >= 0.6 is 11.6 Å². The van der Waals surface area contributed by atoms with Gasteiger partial charge in [0.15, 0.2) is 0 Å². The molecule has 1 aromatic carbocycles. The number of hydrogen-bond donors (Lipinski definition) is 2. The van der Waals surface area contributed by atoms with Gasteiger partial charge in [0.05, 0.1) is 23.2 Å². The van der Waals surface area contributed by atoms with Crippen LogP contribution in [0.5, 0.6) is 0 Å². The Morgan fingerprint density at radius 1 is 1.32 bits per heavy atom. The number of halogens is 2. The number of benzene rings is 1. The lowest BCUT2D eigenvalue weighted by Crippen LogP contribution is -2.38. The standard InChI is InChI=1S/C16H15ClFN5O2/c1-9-13(8-19-21-16(25)15(24)20-11-4-5-11)14(17)23(22-9)12-6-2-10(18)3-7-12/h2-3,6-8,11H,4-5H2,1H3,(H,20,24)(H,21,25)/b19-8-. The third kappa shape index (κ3) is 4.03. The van der Waals surface area contributed by atoms with Crippen molar-refractivity contribution in [2.75, 3.05) is 0 Å². The number of carbonyl (C=O) groups excluding carboxylic acids is 2. The highest BCUT2D eigenvalue weighted by Gasteiger charge is 2.26. The summed E-state index contributed by atoms with van der Waals surface area (Å²) in [5.74, 6) is -1.93. The lowest BCUT2D eigenvalue weighted by Gasteiger charge is -2.02. The van der Waals surface area contributed by atoms with Gasteiger partial charge >= 0.3 is 11.8 Å². The van der Waals surface area contributed by atoms with E-state index in [4.69, 9.17) is 11.6 Å². The number of amides is 2. The minimum absolute atomic E-state index is 0.0906. The van der Waals surface area contributed by atoms with Crippen molar-refractivity contribution < 1.29 is 14.0 Å². The molecule has 2 N–H and O–H groups in total. The van der Waals surface area contributed by atoms with Crippen LogP contribution in [0.25, 0.3) is 5.69 Å². The van der Waals surface area contributed by atoms with Gasteiger partial charge in [-0.05, 0) is 44.0 Å². The lowest BCUT2D eigenvalue weighted by molar-refractivity contribution is -0.139. The summed E-state index contributed by atoms with van der Waals surface area (Å²) < 4.78 is 14.5. The molecule has 0 atom stereocenters. The molecule has 2 aromatic rings. The summed E-state index contributed by atoms with van der Waals surface area (Å²) in [7, 11) is 0. The summed E-state index contributed by atoms with van der Waals surface area (Å²) in [4.78, 5) is 23.1. The van der Waals surface area contributed by atoms with Crippen LogP contribution in [0.3, 0.4) is 0 Å². The average Bonchev–Trinajstić information content (AvgIpc) is 3.35. The molecule has 3 rings (SSSR count). The predicted octanol–water partition coefficient (Wildman–Crippen LogP) is 1.70. The summed E-state index contributed by atoms with van der Waals surface area (Å²) in [5.41, 5.74) is 3.78. The van der Waals surface area contributed by atoms with E-state index in [2.05, 4.69) is 20.9 Å². The Morgan fingerprint density at radius 2 is 2.00 bits per heavy atom. The second-order valence-electron chi connectivity index (χ2n) is 5.62. The van der Waals surface area contributed by atoms with Gasteiger partial charge in [0.2, 0.25) is 0 Å². The maximum Gasteiger partial charge on any atom is 0.329 e. The Morgan fingerprint density at radius 3 is 2.64 bits per heavy atom. The Hall–Kier alpha value is -2.74. The molecule has 0 aliphatic heterocycles. The maximum atomic E-state index is 13.0. The second-order valence-corrected chi connectivity index (χ2v) is 5.98. The summed E-state index contributed by atoms with van der Waals surface area (Å²) in [6.45, 7) is 1.72. The normalized spacial score (nSPS) is 13.9. The zero-order valence-electron chi connectivity index (χ0n) is 13.3. The van der Waals surface area contributed by atoms with Crippen molar-refractivity contribution in [2.24, 2.45) is 5.10 Å². The Balaban J connectivity index is 1.70. The molecule has 130 valence electrons. The number of hydrogen-bond acceptors (Lipinski definition) is 4. The van der Waals surface area contributed by atoms with E-state index in [9.17, 15) is 14.0 Å². The van der Waals surface area contributed by atoms with Crippen LogP contribution in [0.2, 0.25) is 5.15 Å². The highest BCUT2D eigenvalue weighted by Crippen LogP contribution is 2.22. The van der Waals surface area contributed by atoms with E-state index in [0.29, 0.717) is 16.9 Å². The van der Waals surface area contributed by atoms with Crippen LogP contribution in [0.1, 0.15) is 24.1 Å². The largest absolute Gasteiger partial charge is 0.345 e. The second kappa shape index (κ2) is 7.02. The fraction of sp³-hybridized carbons (Fsp3) is 0.250. The van der Waals surface area contributed by atoms with E-state index in [1.54, 1.807) is 19.1 Å². The van der Waals surface area contributed by atoms with Crippen LogP contribution in [0, 0.1) is 12.7 Å². The molecule has 0 bridgehead atoms. The van der Waals surface area contributed by atoms with Crippen molar-refractivity contribution in [3.8, 4) is 5.69 Å². The number of aryl methyl sites for hydroxylation is 1. The van der Waals surface area contributed by atoms with E-state index in [-0.39, 0.29) is 17.0 Å². The summed E-state index contributed by atoms with van der Waals surface area (Å²) >= 11 is 6.28. The molecule has 0 radical (unpaired) electrons. The van der Waals surface area contributed by atoms with Crippen molar-refractivity contribution >= 4 is 29.6 Å². The van der Waals surface area contributed by atoms with Gasteiger partial charge in [-0.3, -0.25) is 9.59 Å². The molecule has 1 fully saturated rings. The van der Waals surface area contributed by atoms with Crippen LogP contribution in [-0.4, -0.2) is 33.9 Å². The van der Waals surface area contributed by atoms with Crippen LogP contribution in [0.15, 0.2) is 29.4 Å². The molecule has 1 aromatic heterocycles. The molecule has 7 nitrogen and oxygen atoms in total. The average molecular weight is 364 g/mol. The van der Waals surface area contributed by atoms with Gasteiger partial charge in [0, 0.05) is 6.04 Å². The SMILES string of the molecule is Cc1nn(-c2ccc(F)cc2)c(Cl)c1/C=N\NC(=O)C(=O)NC1CC1. The first-order chi connectivity index (χ1) is 12.0. The molecule has 9 heteroatoms. The molecule has 25 heavy (non-hydrogen) atoms. The topological polar surface area (TPSA) is 88.4 Å². The van der Waals surface area contributed by atoms with E-state index < -0.39 is 11.8 Å². The van der Waals surface area contributed by atoms with E-state index in [1.165, 1.54) is 23.0 Å². The number of nitrogens with one attached hydrogen (secondary N) is 2. The highest BCUT2D eigenvalue weighted by atomic mass is 35.5. The fourth-order valence-corrected chi connectivity index (χ4v) is 2.42. The van der Waals surface area contributed by atoms with Crippen molar-refractivity contribution in [2.45, 2.75) is 25.8 Å². The first-order valence-corrected chi connectivity index (χ1v) is 7.98. The van der Waals surface area contributed by atoms with Crippen molar-refractivity contribution in [3.63, 3.8) is 0 Å². The highest BCUT2D eigenvalue weighted by molar-refractivity contribution is 6.35. The zero-order valence-corrected chi connectivity index (χ0v) is 14.0. The lowest BCUT2D eigenvalue weighted by atomic mass is 10.3. The summed E-state index contributed by atoms with van der Waals surface area (Å²) in [5, 5.41) is 10.8. The quantitative estimate of drug-likeness (QED) is 0.492. The van der Waals surface area contributed by atoms with Gasteiger partial charge < -0.3 is 5.32 Å². The van der Waals surface area contributed by atoms with Crippen molar-refractivity contribution in [3.05, 3.63) is 46.5 Å². The third-order valence-corrected chi connectivity index (χ3v) is 3.96. The van der Waals surface area contributed by atoms with Crippen LogP contribution in [-0.2, 0) is 9.59 Å². The maximum absolute atomic E-state index is 13.0. The number of hydrazone groups is 1. The van der Waals surface area contributed by atoms with Gasteiger partial charge in [-0.1, -0.05) is 11.6 Å². The third-order valence-electron chi connectivity index (χ3n) is 3.60. The van der Waals surface area contributed by atoms with Crippen LogP contribution < -0.4 is 10.7 Å². The Bertz CT molecular complexity index is 843. The Kier molecular flexibility index (Phi) is 4.80.